The lowest BCUT2D eigenvalue weighted by Gasteiger charge is -1.86. The molecule has 0 spiro atoms. The lowest BCUT2D eigenvalue weighted by molar-refractivity contribution is 0.801. The van der Waals surface area contributed by atoms with Crippen molar-refractivity contribution in [1.82, 2.24) is 0 Å². The van der Waals surface area contributed by atoms with Crippen molar-refractivity contribution in [3.63, 3.8) is 0 Å². The van der Waals surface area contributed by atoms with Gasteiger partial charge in [0, 0.05) is 6.42 Å². The van der Waals surface area contributed by atoms with E-state index in [4.69, 9.17) is 0 Å². The fraction of sp³-hybridized carbons (Fsp3) is 0.667. The molecule has 0 aromatic heterocycles. The molecular weight excluding hydrogens is 92.1 g/mol. The topological polar surface area (TPSA) is 49.4 Å². The van der Waals surface area contributed by atoms with Gasteiger partial charge in [0.15, 0.2) is 6.17 Å². The van der Waals surface area contributed by atoms with Crippen LogP contribution < -0.4 is 0 Å². The van der Waals surface area contributed by atoms with Crippen LogP contribution in [-0.4, -0.2) is 6.17 Å². The zero-order valence-corrected chi connectivity index (χ0v) is 3.94. The Morgan fingerprint density at radius 1 is 1.29 bits per heavy atom. The molecule has 0 saturated heterocycles. The monoisotopic (exact) mass is 97.1 g/mol. The summed E-state index contributed by atoms with van der Waals surface area (Å²) in [6.45, 7) is 1.87. The van der Waals surface area contributed by atoms with Crippen LogP contribution in [0.1, 0.15) is 6.92 Å². The Hall–Kier alpha value is -0.800. The highest BCUT2D eigenvalue weighted by Gasteiger charge is 2.03. The third-order valence-corrected chi connectivity index (χ3v) is 0.678. The number of nitrogens with zero attached hydrogens (tertiary/aromatic N) is 4. The molecule has 0 amide bonds. The van der Waals surface area contributed by atoms with Gasteiger partial charge in [0.25, 0.3) is 0 Å². The fourth-order valence-corrected chi connectivity index (χ4v) is 0.308. The van der Waals surface area contributed by atoms with E-state index in [0.717, 1.165) is 0 Å². The molecule has 0 fully saturated rings. The maximum Gasteiger partial charge on any atom is 0.188 e. The maximum atomic E-state index is 3.59. The average Bonchev–Trinajstić information content (AvgIpc) is 2.14. The molecule has 0 aromatic rings. The molecule has 1 heterocycles. The van der Waals surface area contributed by atoms with Crippen molar-refractivity contribution in [3.8, 4) is 0 Å². The minimum absolute atomic E-state index is 0.111. The van der Waals surface area contributed by atoms with E-state index in [9.17, 15) is 0 Å². The standard InChI is InChI=1S/C3H5N4/c1-2-3-4-6-7-5-3/h2-3H,1H3. The minimum Gasteiger partial charge on any atom is -0.138 e. The molecule has 0 bridgehead atoms. The fourth-order valence-electron chi connectivity index (χ4n) is 0.308. The van der Waals surface area contributed by atoms with E-state index < -0.39 is 0 Å². The van der Waals surface area contributed by atoms with Crippen LogP contribution in [0.4, 0.5) is 0 Å². The summed E-state index contributed by atoms with van der Waals surface area (Å²) in [5.41, 5.74) is 0. The van der Waals surface area contributed by atoms with Crippen molar-refractivity contribution >= 4 is 0 Å². The predicted octanol–water partition coefficient (Wildman–Crippen LogP) is 1.37. The molecule has 0 N–H and O–H groups in total. The molecule has 1 rings (SSSR count). The summed E-state index contributed by atoms with van der Waals surface area (Å²) in [4.78, 5) is 0. The van der Waals surface area contributed by atoms with E-state index in [1.165, 1.54) is 0 Å². The minimum atomic E-state index is -0.111. The normalized spacial score (nSPS) is 19.0. The van der Waals surface area contributed by atoms with Gasteiger partial charge in [-0.05, 0) is 10.4 Å². The van der Waals surface area contributed by atoms with Crippen LogP contribution in [0.2, 0.25) is 0 Å². The Kier molecular flexibility index (Phi) is 1.10. The van der Waals surface area contributed by atoms with Crippen LogP contribution >= 0.6 is 0 Å². The van der Waals surface area contributed by atoms with Crippen LogP contribution in [0.15, 0.2) is 20.7 Å². The summed E-state index contributed by atoms with van der Waals surface area (Å²) < 4.78 is 0. The first-order valence-corrected chi connectivity index (χ1v) is 2.03. The summed E-state index contributed by atoms with van der Waals surface area (Å²) in [5.74, 6) is 0. The largest absolute Gasteiger partial charge is 0.188 e. The molecule has 1 aliphatic rings. The lowest BCUT2D eigenvalue weighted by Crippen LogP contribution is -1.91. The van der Waals surface area contributed by atoms with Gasteiger partial charge in [0.2, 0.25) is 0 Å². The first-order valence-electron chi connectivity index (χ1n) is 2.03. The summed E-state index contributed by atoms with van der Waals surface area (Å²) in [6.07, 6.45) is 1.71. The molecule has 4 heteroatoms. The van der Waals surface area contributed by atoms with Crippen LogP contribution in [0.5, 0.6) is 0 Å². The second-order valence-corrected chi connectivity index (χ2v) is 1.16. The van der Waals surface area contributed by atoms with Gasteiger partial charge in [-0.2, -0.15) is 0 Å². The van der Waals surface area contributed by atoms with Crippen LogP contribution in [0.25, 0.3) is 0 Å². The van der Waals surface area contributed by atoms with Gasteiger partial charge < -0.3 is 0 Å². The van der Waals surface area contributed by atoms with E-state index in [0.29, 0.717) is 0 Å². The number of rotatable bonds is 1. The molecule has 4 nitrogen and oxygen atoms in total. The summed E-state index contributed by atoms with van der Waals surface area (Å²) in [7, 11) is 0. The van der Waals surface area contributed by atoms with Crippen LogP contribution in [0, 0.1) is 6.42 Å². The van der Waals surface area contributed by atoms with Crippen molar-refractivity contribution < 1.29 is 0 Å². The van der Waals surface area contributed by atoms with E-state index in [1.807, 2.05) is 13.3 Å². The molecular formula is C3H5N4. The van der Waals surface area contributed by atoms with Gasteiger partial charge in [-0.1, -0.05) is 6.92 Å². The van der Waals surface area contributed by atoms with Gasteiger partial charge in [-0.25, -0.2) is 0 Å². The van der Waals surface area contributed by atoms with Gasteiger partial charge in [0.05, 0.1) is 0 Å². The lowest BCUT2D eigenvalue weighted by atomic mass is 10.4. The number of hydrogen-bond acceptors (Lipinski definition) is 4. The summed E-state index contributed by atoms with van der Waals surface area (Å²) >= 11 is 0. The molecule has 37 valence electrons. The van der Waals surface area contributed by atoms with Crippen molar-refractivity contribution in [2.75, 3.05) is 0 Å². The SMILES string of the molecule is C[CH]C1N=NN=N1. The molecule has 0 aromatic carbocycles. The highest BCUT2D eigenvalue weighted by atomic mass is 15.6. The molecule has 1 aliphatic heterocycles. The Labute approximate surface area is 41.3 Å². The van der Waals surface area contributed by atoms with Gasteiger partial charge >= 0.3 is 0 Å². The molecule has 7 heavy (non-hydrogen) atoms. The Morgan fingerprint density at radius 2 is 1.86 bits per heavy atom. The summed E-state index contributed by atoms with van der Waals surface area (Å²) in [6, 6.07) is 0. The Bertz CT molecular complexity index is 93.5. The van der Waals surface area contributed by atoms with E-state index in [2.05, 4.69) is 20.7 Å². The first kappa shape index (κ1) is 4.36. The Balaban J connectivity index is 2.44. The third kappa shape index (κ3) is 0.792. The van der Waals surface area contributed by atoms with Crippen LogP contribution in [0.3, 0.4) is 0 Å². The van der Waals surface area contributed by atoms with Crippen molar-refractivity contribution in [3.05, 3.63) is 6.42 Å². The molecule has 0 atom stereocenters. The zero-order chi connectivity index (χ0) is 5.11. The third-order valence-electron chi connectivity index (χ3n) is 0.678. The highest BCUT2D eigenvalue weighted by Crippen LogP contribution is 2.05. The quantitative estimate of drug-likeness (QED) is 0.474. The molecule has 0 aliphatic carbocycles. The maximum absolute atomic E-state index is 3.59. The second kappa shape index (κ2) is 1.77. The Morgan fingerprint density at radius 3 is 2.14 bits per heavy atom. The van der Waals surface area contributed by atoms with E-state index >= 15 is 0 Å². The molecule has 0 saturated carbocycles. The molecule has 0 unspecified atom stereocenters. The second-order valence-electron chi connectivity index (χ2n) is 1.16. The highest BCUT2D eigenvalue weighted by molar-refractivity contribution is 4.74. The van der Waals surface area contributed by atoms with E-state index in [1.54, 1.807) is 0 Å². The van der Waals surface area contributed by atoms with Crippen molar-refractivity contribution in [2.24, 2.45) is 20.7 Å². The van der Waals surface area contributed by atoms with Gasteiger partial charge in [-0.15, -0.1) is 10.2 Å². The van der Waals surface area contributed by atoms with Crippen LogP contribution in [-0.2, 0) is 0 Å². The van der Waals surface area contributed by atoms with Crippen molar-refractivity contribution in [2.45, 2.75) is 13.1 Å². The van der Waals surface area contributed by atoms with E-state index in [-0.39, 0.29) is 6.17 Å². The summed E-state index contributed by atoms with van der Waals surface area (Å²) in [5, 5.41) is 13.8. The van der Waals surface area contributed by atoms with Gasteiger partial charge in [0.1, 0.15) is 0 Å². The average molecular weight is 97.1 g/mol. The number of hydrogen-bond donors (Lipinski definition) is 0. The predicted molar refractivity (Wildman–Crippen MR) is 23.5 cm³/mol. The zero-order valence-electron chi connectivity index (χ0n) is 3.94. The smallest absolute Gasteiger partial charge is 0.138 e. The first-order chi connectivity index (χ1) is 3.43. The van der Waals surface area contributed by atoms with Crippen molar-refractivity contribution in [1.29, 1.82) is 0 Å². The molecule has 1 radical (unpaired) electrons. The van der Waals surface area contributed by atoms with Gasteiger partial charge in [-0.3, -0.25) is 0 Å².